The number of anilines is 4. The van der Waals surface area contributed by atoms with Gasteiger partial charge in [0.25, 0.3) is 10.0 Å². The number of hydrogen-bond acceptors (Lipinski definition) is 8. The molecule has 4 aromatic rings. The number of hydrogen-bond donors (Lipinski definition) is 4. The zero-order valence-electron chi connectivity index (χ0n) is 19.9. The second-order valence-electron chi connectivity index (χ2n) is 8.87. The first-order valence-corrected chi connectivity index (χ1v) is 13.5. The highest BCUT2D eigenvalue weighted by atomic mass is 32.2. The fraction of sp³-hybridized carbons (Fsp3) is 0.320. The molecule has 1 aliphatic carbocycles. The second-order valence-corrected chi connectivity index (χ2v) is 10.6. The Kier molecular flexibility index (Phi) is 6.75. The van der Waals surface area contributed by atoms with Gasteiger partial charge in [-0.05, 0) is 69.0 Å². The Bertz CT molecular complexity index is 1430. The zero-order chi connectivity index (χ0) is 25.1. The maximum atomic E-state index is 12.7. The monoisotopic (exact) mass is 507 g/mol. The number of aliphatic hydroxyl groups excluding tert-OH is 1. The van der Waals surface area contributed by atoms with E-state index in [9.17, 15) is 13.5 Å². The van der Waals surface area contributed by atoms with Gasteiger partial charge in [-0.15, -0.1) is 0 Å². The third-order valence-corrected chi connectivity index (χ3v) is 7.69. The summed E-state index contributed by atoms with van der Waals surface area (Å²) in [6, 6.07) is 15.4. The molecule has 0 bridgehead atoms. The first-order chi connectivity index (χ1) is 17.4. The summed E-state index contributed by atoms with van der Waals surface area (Å²) in [5.74, 6) is 1.02. The number of nitrogens with one attached hydrogen (secondary N) is 3. The molecule has 2 heterocycles. The van der Waals surface area contributed by atoms with E-state index >= 15 is 0 Å². The lowest BCUT2D eigenvalue weighted by atomic mass is 9.93. The lowest BCUT2D eigenvalue weighted by Crippen LogP contribution is -2.29. The van der Waals surface area contributed by atoms with Gasteiger partial charge in [0.15, 0.2) is 17.0 Å². The van der Waals surface area contributed by atoms with E-state index in [4.69, 9.17) is 4.98 Å². The van der Waals surface area contributed by atoms with Crippen LogP contribution >= 0.6 is 0 Å². The van der Waals surface area contributed by atoms with Crippen LogP contribution in [0, 0.1) is 0 Å². The van der Waals surface area contributed by atoms with Crippen molar-refractivity contribution >= 4 is 44.3 Å². The van der Waals surface area contributed by atoms with Gasteiger partial charge < -0.3 is 20.3 Å². The van der Waals surface area contributed by atoms with Crippen LogP contribution in [0.4, 0.5) is 23.1 Å². The second kappa shape index (κ2) is 10.1. The highest BCUT2D eigenvalue weighted by Crippen LogP contribution is 2.27. The van der Waals surface area contributed by atoms with Crippen molar-refractivity contribution in [2.75, 3.05) is 15.4 Å². The molecule has 1 aliphatic rings. The number of fused-ring (bicyclic) bond motifs is 1. The predicted molar refractivity (Wildman–Crippen MR) is 140 cm³/mol. The number of aromatic nitrogens is 4. The van der Waals surface area contributed by atoms with Gasteiger partial charge in [-0.2, -0.15) is 9.97 Å². The third kappa shape index (κ3) is 5.26. The Morgan fingerprint density at radius 3 is 2.39 bits per heavy atom. The van der Waals surface area contributed by atoms with Crippen molar-refractivity contribution in [1.29, 1.82) is 0 Å². The number of imidazole rings is 1. The fourth-order valence-corrected chi connectivity index (χ4v) is 5.36. The van der Waals surface area contributed by atoms with Crippen LogP contribution in [0.2, 0.25) is 0 Å². The average molecular weight is 508 g/mol. The molecule has 1 saturated carbocycles. The summed E-state index contributed by atoms with van der Waals surface area (Å²) < 4.78 is 30.0. The molecule has 0 unspecified atom stereocenters. The van der Waals surface area contributed by atoms with Crippen molar-refractivity contribution in [3.05, 3.63) is 60.9 Å². The average Bonchev–Trinajstić information content (AvgIpc) is 3.29. The number of aliphatic hydroxyl groups is 1. The number of aryl methyl sites for hydroxylation is 1. The molecule has 2 aromatic heterocycles. The van der Waals surface area contributed by atoms with Crippen molar-refractivity contribution in [2.45, 2.75) is 56.2 Å². The lowest BCUT2D eigenvalue weighted by Gasteiger charge is -2.26. The van der Waals surface area contributed by atoms with E-state index in [1.807, 2.05) is 17.6 Å². The van der Waals surface area contributed by atoms with E-state index < -0.39 is 10.0 Å². The summed E-state index contributed by atoms with van der Waals surface area (Å²) in [6.07, 6.45) is 4.71. The molecule has 36 heavy (non-hydrogen) atoms. The number of benzene rings is 2. The minimum Gasteiger partial charge on any atom is -0.393 e. The molecule has 188 valence electrons. The standard InChI is InChI=1S/C25H29N7O3S/c1-2-32-16-26-22-23(29-25(30-24(22)32)28-18-8-12-20(33)13-9-18)27-17-10-14-21(15-11-17)36(34,35)31-19-6-4-3-5-7-19/h3-7,10-11,14-16,18,20,31,33H,2,8-9,12-13H2,1H3,(H2,27,28,29,30). The van der Waals surface area contributed by atoms with Gasteiger partial charge in [0, 0.05) is 24.0 Å². The summed E-state index contributed by atoms with van der Waals surface area (Å²) in [6.45, 7) is 2.73. The molecular formula is C25H29N7O3S. The lowest BCUT2D eigenvalue weighted by molar-refractivity contribution is 0.126. The van der Waals surface area contributed by atoms with Crippen LogP contribution in [0.1, 0.15) is 32.6 Å². The van der Waals surface area contributed by atoms with Crippen molar-refractivity contribution in [1.82, 2.24) is 19.5 Å². The topological polar surface area (TPSA) is 134 Å². The van der Waals surface area contributed by atoms with Gasteiger partial charge in [0.2, 0.25) is 5.95 Å². The first-order valence-electron chi connectivity index (χ1n) is 12.0. The molecule has 0 atom stereocenters. The van der Waals surface area contributed by atoms with E-state index in [0.717, 1.165) is 25.7 Å². The van der Waals surface area contributed by atoms with Gasteiger partial charge in [-0.1, -0.05) is 18.2 Å². The first kappa shape index (κ1) is 24.0. The van der Waals surface area contributed by atoms with E-state index in [0.29, 0.717) is 40.8 Å². The molecule has 0 saturated heterocycles. The summed E-state index contributed by atoms with van der Waals surface area (Å²) in [4.78, 5) is 14.0. The highest BCUT2D eigenvalue weighted by Gasteiger charge is 2.21. The predicted octanol–water partition coefficient (Wildman–Crippen LogP) is 4.11. The van der Waals surface area contributed by atoms with Crippen LogP contribution in [0.15, 0.2) is 65.8 Å². The highest BCUT2D eigenvalue weighted by molar-refractivity contribution is 7.92. The van der Waals surface area contributed by atoms with Crippen LogP contribution < -0.4 is 15.4 Å². The molecular weight excluding hydrogens is 478 g/mol. The molecule has 0 aliphatic heterocycles. The maximum Gasteiger partial charge on any atom is 0.261 e. The molecule has 0 amide bonds. The van der Waals surface area contributed by atoms with Crippen molar-refractivity contribution in [3.63, 3.8) is 0 Å². The summed E-state index contributed by atoms with van der Waals surface area (Å²) in [5.41, 5.74) is 2.51. The maximum absolute atomic E-state index is 12.7. The Morgan fingerprint density at radius 1 is 0.972 bits per heavy atom. The van der Waals surface area contributed by atoms with E-state index in [1.165, 1.54) is 0 Å². The third-order valence-electron chi connectivity index (χ3n) is 6.29. The Hall–Kier alpha value is -3.70. The van der Waals surface area contributed by atoms with Crippen molar-refractivity contribution in [3.8, 4) is 0 Å². The number of rotatable bonds is 8. The summed E-state index contributed by atoms with van der Waals surface area (Å²) >= 11 is 0. The molecule has 11 heteroatoms. The Morgan fingerprint density at radius 2 is 1.69 bits per heavy atom. The molecule has 10 nitrogen and oxygen atoms in total. The molecule has 4 N–H and O–H groups in total. The largest absolute Gasteiger partial charge is 0.393 e. The van der Waals surface area contributed by atoms with E-state index in [-0.39, 0.29) is 17.0 Å². The van der Waals surface area contributed by atoms with Gasteiger partial charge in [-0.3, -0.25) is 4.72 Å². The number of sulfonamides is 1. The molecule has 2 aromatic carbocycles. The number of para-hydroxylation sites is 1. The van der Waals surface area contributed by atoms with Crippen molar-refractivity contribution < 1.29 is 13.5 Å². The van der Waals surface area contributed by atoms with Gasteiger partial charge in [0.1, 0.15) is 0 Å². The van der Waals surface area contributed by atoms with E-state index in [2.05, 4.69) is 25.3 Å². The van der Waals surface area contributed by atoms with Crippen molar-refractivity contribution in [2.24, 2.45) is 0 Å². The zero-order valence-corrected chi connectivity index (χ0v) is 20.7. The number of nitrogens with zero attached hydrogens (tertiary/aromatic N) is 4. The van der Waals surface area contributed by atoms with Gasteiger partial charge >= 0.3 is 0 Å². The van der Waals surface area contributed by atoms with Crippen LogP contribution in [-0.4, -0.2) is 45.2 Å². The van der Waals surface area contributed by atoms with E-state index in [1.54, 1.807) is 54.9 Å². The molecule has 0 spiro atoms. The smallest absolute Gasteiger partial charge is 0.261 e. The van der Waals surface area contributed by atoms with Gasteiger partial charge in [0.05, 0.1) is 17.3 Å². The Balaban J connectivity index is 1.38. The quantitative estimate of drug-likeness (QED) is 0.280. The Labute approximate surface area is 209 Å². The fourth-order valence-electron chi connectivity index (χ4n) is 4.30. The minimum absolute atomic E-state index is 0.154. The summed E-state index contributed by atoms with van der Waals surface area (Å²) in [7, 11) is -3.71. The van der Waals surface area contributed by atoms with Crippen LogP contribution in [0.3, 0.4) is 0 Å². The summed E-state index contributed by atoms with van der Waals surface area (Å²) in [5, 5.41) is 16.5. The normalized spacial score (nSPS) is 18.2. The molecule has 1 fully saturated rings. The minimum atomic E-state index is -3.71. The van der Waals surface area contributed by atoms with Gasteiger partial charge in [-0.25, -0.2) is 13.4 Å². The molecule has 5 rings (SSSR count). The van der Waals surface area contributed by atoms with Crippen LogP contribution in [-0.2, 0) is 16.6 Å². The SMILES string of the molecule is CCn1cnc2c(Nc3ccc(S(=O)(=O)Nc4ccccc4)cc3)nc(NC3CCC(O)CC3)nc21. The molecule has 0 radical (unpaired) electrons. The van der Waals surface area contributed by atoms with Crippen LogP contribution in [0.5, 0.6) is 0 Å². The van der Waals surface area contributed by atoms with Crippen LogP contribution in [0.25, 0.3) is 11.2 Å².